The molecule has 6 heteroatoms. The highest BCUT2D eigenvalue weighted by Gasteiger charge is 2.27. The van der Waals surface area contributed by atoms with Gasteiger partial charge in [0.15, 0.2) is 9.84 Å². The van der Waals surface area contributed by atoms with E-state index in [4.69, 9.17) is 5.73 Å². The van der Waals surface area contributed by atoms with Gasteiger partial charge in [-0.15, -0.1) is 0 Å². The topological polar surface area (TPSA) is 80.5 Å². The predicted octanol–water partition coefficient (Wildman–Crippen LogP) is -0.187. The molecule has 1 aromatic rings. The van der Waals surface area contributed by atoms with E-state index in [1.807, 2.05) is 30.3 Å². The molecule has 1 heterocycles. The van der Waals surface area contributed by atoms with E-state index in [-0.39, 0.29) is 30.5 Å². The van der Waals surface area contributed by atoms with Crippen molar-refractivity contribution in [1.29, 1.82) is 0 Å². The Bertz CT molecular complexity index is 528. The Balaban J connectivity index is 1.93. The molecule has 1 amide bonds. The van der Waals surface area contributed by atoms with Crippen molar-refractivity contribution < 1.29 is 13.2 Å². The SMILES string of the molecule is NC(Cc1ccccc1)C(=O)N1CCS(=O)(=O)CC1. The van der Waals surface area contributed by atoms with Crippen molar-refractivity contribution >= 4 is 15.7 Å². The lowest BCUT2D eigenvalue weighted by Gasteiger charge is -2.29. The maximum Gasteiger partial charge on any atom is 0.239 e. The van der Waals surface area contributed by atoms with Gasteiger partial charge in [-0.3, -0.25) is 4.79 Å². The molecule has 0 radical (unpaired) electrons. The number of rotatable bonds is 3. The van der Waals surface area contributed by atoms with Crippen molar-refractivity contribution in [2.24, 2.45) is 5.73 Å². The van der Waals surface area contributed by atoms with Gasteiger partial charge < -0.3 is 10.6 Å². The summed E-state index contributed by atoms with van der Waals surface area (Å²) >= 11 is 0. The highest BCUT2D eigenvalue weighted by Crippen LogP contribution is 2.08. The summed E-state index contributed by atoms with van der Waals surface area (Å²) in [4.78, 5) is 13.7. The number of carbonyl (C=O) groups excluding carboxylic acids is 1. The predicted molar refractivity (Wildman–Crippen MR) is 73.4 cm³/mol. The van der Waals surface area contributed by atoms with Crippen LogP contribution in [0.2, 0.25) is 0 Å². The zero-order chi connectivity index (χ0) is 13.9. The lowest BCUT2D eigenvalue weighted by Crippen LogP contribution is -2.50. The largest absolute Gasteiger partial charge is 0.339 e. The van der Waals surface area contributed by atoms with Gasteiger partial charge in [0, 0.05) is 13.1 Å². The van der Waals surface area contributed by atoms with Gasteiger partial charge in [-0.1, -0.05) is 30.3 Å². The molecule has 0 bridgehead atoms. The lowest BCUT2D eigenvalue weighted by molar-refractivity contribution is -0.132. The number of benzene rings is 1. The van der Waals surface area contributed by atoms with Crippen LogP contribution in [0.5, 0.6) is 0 Å². The van der Waals surface area contributed by atoms with Crippen molar-refractivity contribution in [2.75, 3.05) is 24.6 Å². The molecule has 19 heavy (non-hydrogen) atoms. The molecule has 5 nitrogen and oxygen atoms in total. The molecule has 1 fully saturated rings. The summed E-state index contributed by atoms with van der Waals surface area (Å²) in [5.41, 5.74) is 6.91. The number of sulfone groups is 1. The molecule has 2 rings (SSSR count). The van der Waals surface area contributed by atoms with E-state index in [1.54, 1.807) is 4.90 Å². The third-order valence-electron chi connectivity index (χ3n) is 3.27. The summed E-state index contributed by atoms with van der Waals surface area (Å²) in [5.74, 6) is -0.0908. The van der Waals surface area contributed by atoms with Crippen LogP contribution >= 0.6 is 0 Å². The number of hydrogen-bond acceptors (Lipinski definition) is 4. The van der Waals surface area contributed by atoms with Gasteiger partial charge in [-0.05, 0) is 12.0 Å². The Hall–Kier alpha value is -1.40. The van der Waals surface area contributed by atoms with Gasteiger partial charge in [-0.2, -0.15) is 0 Å². The summed E-state index contributed by atoms with van der Waals surface area (Å²) in [5, 5.41) is 0. The molecule has 0 aromatic heterocycles. The highest BCUT2D eigenvalue weighted by molar-refractivity contribution is 7.91. The first-order valence-corrected chi connectivity index (χ1v) is 8.09. The molecule has 0 spiro atoms. The number of carbonyl (C=O) groups is 1. The van der Waals surface area contributed by atoms with Crippen molar-refractivity contribution in [1.82, 2.24) is 4.90 Å². The van der Waals surface area contributed by atoms with Crippen LogP contribution in [0.3, 0.4) is 0 Å². The van der Waals surface area contributed by atoms with Gasteiger partial charge in [0.05, 0.1) is 17.5 Å². The third kappa shape index (κ3) is 3.78. The molecular formula is C13H18N2O3S. The summed E-state index contributed by atoms with van der Waals surface area (Å²) < 4.78 is 22.6. The van der Waals surface area contributed by atoms with E-state index in [9.17, 15) is 13.2 Å². The van der Waals surface area contributed by atoms with Gasteiger partial charge in [-0.25, -0.2) is 8.42 Å². The molecule has 1 aromatic carbocycles. The van der Waals surface area contributed by atoms with Crippen molar-refractivity contribution in [3.05, 3.63) is 35.9 Å². The third-order valence-corrected chi connectivity index (χ3v) is 4.88. The monoisotopic (exact) mass is 282 g/mol. The van der Waals surface area contributed by atoms with Gasteiger partial charge >= 0.3 is 0 Å². The minimum atomic E-state index is -2.97. The summed E-state index contributed by atoms with van der Waals surface area (Å²) in [7, 11) is -2.97. The number of amides is 1. The van der Waals surface area contributed by atoms with Crippen molar-refractivity contribution in [3.8, 4) is 0 Å². The average molecular weight is 282 g/mol. The number of hydrogen-bond donors (Lipinski definition) is 1. The van der Waals surface area contributed by atoms with Crippen molar-refractivity contribution in [3.63, 3.8) is 0 Å². The molecular weight excluding hydrogens is 264 g/mol. The second-order valence-electron chi connectivity index (χ2n) is 4.77. The normalized spacial score (nSPS) is 19.9. The lowest BCUT2D eigenvalue weighted by atomic mass is 10.1. The maximum absolute atomic E-state index is 12.1. The highest BCUT2D eigenvalue weighted by atomic mass is 32.2. The van der Waals surface area contributed by atoms with E-state index in [2.05, 4.69) is 0 Å². The molecule has 1 unspecified atom stereocenters. The van der Waals surface area contributed by atoms with E-state index in [0.29, 0.717) is 6.42 Å². The maximum atomic E-state index is 12.1. The summed E-state index contributed by atoms with van der Waals surface area (Å²) in [6, 6.07) is 8.96. The van der Waals surface area contributed by atoms with Crippen molar-refractivity contribution in [2.45, 2.75) is 12.5 Å². The standard InChI is InChI=1S/C13H18N2O3S/c14-12(10-11-4-2-1-3-5-11)13(16)15-6-8-19(17,18)9-7-15/h1-5,12H,6-10,14H2. The van der Waals surface area contributed by atoms with Gasteiger partial charge in [0.25, 0.3) is 0 Å². The summed E-state index contributed by atoms with van der Waals surface area (Å²) in [6.45, 7) is 0.507. The Morgan fingerprint density at radius 3 is 2.37 bits per heavy atom. The average Bonchev–Trinajstić information content (AvgIpc) is 2.39. The molecule has 104 valence electrons. The van der Waals surface area contributed by atoms with E-state index in [1.165, 1.54) is 0 Å². The molecule has 2 N–H and O–H groups in total. The molecule has 1 aliphatic heterocycles. The fraction of sp³-hybridized carbons (Fsp3) is 0.462. The fourth-order valence-electron chi connectivity index (χ4n) is 2.12. The number of nitrogens with two attached hydrogens (primary N) is 1. The zero-order valence-corrected chi connectivity index (χ0v) is 11.5. The van der Waals surface area contributed by atoms with Gasteiger partial charge in [0.1, 0.15) is 0 Å². The van der Waals surface area contributed by atoms with E-state index in [0.717, 1.165) is 5.56 Å². The van der Waals surface area contributed by atoms with Crippen LogP contribution in [-0.4, -0.2) is 49.9 Å². The van der Waals surface area contributed by atoms with Crippen LogP contribution in [0.4, 0.5) is 0 Å². The van der Waals surface area contributed by atoms with E-state index < -0.39 is 15.9 Å². The van der Waals surface area contributed by atoms with Crippen LogP contribution in [-0.2, 0) is 21.1 Å². The number of nitrogens with zero attached hydrogens (tertiary/aromatic N) is 1. The Morgan fingerprint density at radius 1 is 1.21 bits per heavy atom. The first-order valence-electron chi connectivity index (χ1n) is 6.27. The first-order chi connectivity index (χ1) is 8.98. The van der Waals surface area contributed by atoms with Gasteiger partial charge in [0.2, 0.25) is 5.91 Å². The molecule has 0 saturated carbocycles. The van der Waals surface area contributed by atoms with Crippen LogP contribution in [0.15, 0.2) is 30.3 Å². The molecule has 0 aliphatic carbocycles. The zero-order valence-electron chi connectivity index (χ0n) is 10.7. The Labute approximate surface area is 113 Å². The minimum absolute atomic E-state index is 0.0385. The van der Waals surface area contributed by atoms with E-state index >= 15 is 0 Å². The van der Waals surface area contributed by atoms with Crippen LogP contribution in [0.25, 0.3) is 0 Å². The second-order valence-corrected chi connectivity index (χ2v) is 7.08. The quantitative estimate of drug-likeness (QED) is 0.833. The van der Waals surface area contributed by atoms with Crippen LogP contribution in [0, 0.1) is 0 Å². The first kappa shape index (κ1) is 14.0. The van der Waals surface area contributed by atoms with Crippen LogP contribution < -0.4 is 5.73 Å². The molecule has 1 saturated heterocycles. The Kier molecular flexibility index (Phi) is 4.21. The smallest absolute Gasteiger partial charge is 0.239 e. The van der Waals surface area contributed by atoms with Crippen LogP contribution in [0.1, 0.15) is 5.56 Å². The summed E-state index contributed by atoms with van der Waals surface area (Å²) in [6.07, 6.45) is 0.475. The second kappa shape index (κ2) is 5.71. The molecule has 1 aliphatic rings. The minimum Gasteiger partial charge on any atom is -0.339 e. The molecule has 1 atom stereocenters. The Morgan fingerprint density at radius 2 is 1.79 bits per heavy atom. The fourth-order valence-corrected chi connectivity index (χ4v) is 3.32.